The van der Waals surface area contributed by atoms with Gasteiger partial charge in [0, 0.05) is 18.8 Å². The average molecular weight is 192 g/mol. The lowest BCUT2D eigenvalue weighted by Crippen LogP contribution is -2.16. The van der Waals surface area contributed by atoms with Crippen LogP contribution in [-0.2, 0) is 6.54 Å². The number of hydrogen-bond donors (Lipinski definition) is 2. The molecule has 2 rings (SSSR count). The number of carboxylic acid groups (broad SMARTS) is 1. The first-order chi connectivity index (χ1) is 6.75. The molecule has 1 fully saturated rings. The Hall–Kier alpha value is -1.42. The molecule has 0 bridgehead atoms. The number of carboxylic acids is 1. The second kappa shape index (κ2) is 3.75. The number of aromatic nitrogens is 1. The van der Waals surface area contributed by atoms with Crippen LogP contribution in [0.2, 0.25) is 0 Å². The maximum atomic E-state index is 10.7. The van der Waals surface area contributed by atoms with Gasteiger partial charge in [0.15, 0.2) is 0 Å². The number of hydrogen-bond acceptors (Lipinski definition) is 3. The van der Waals surface area contributed by atoms with Gasteiger partial charge >= 0.3 is 5.97 Å². The molecule has 2 N–H and O–H groups in total. The maximum Gasteiger partial charge on any atom is 0.335 e. The molecule has 1 aliphatic carbocycles. The van der Waals surface area contributed by atoms with E-state index in [0.29, 0.717) is 18.2 Å². The van der Waals surface area contributed by atoms with Crippen molar-refractivity contribution in [1.29, 1.82) is 0 Å². The van der Waals surface area contributed by atoms with E-state index in [0.717, 1.165) is 5.69 Å². The molecular formula is C10H12N2O2. The lowest BCUT2D eigenvalue weighted by Gasteiger charge is -2.02. The van der Waals surface area contributed by atoms with E-state index >= 15 is 0 Å². The van der Waals surface area contributed by atoms with Crippen LogP contribution in [0.15, 0.2) is 18.3 Å². The molecule has 0 unspecified atom stereocenters. The molecule has 4 heteroatoms. The van der Waals surface area contributed by atoms with E-state index in [4.69, 9.17) is 5.11 Å². The van der Waals surface area contributed by atoms with E-state index in [1.807, 2.05) is 0 Å². The molecule has 1 heterocycles. The standard InChI is InChI=1S/C10H12N2O2/c13-10(14)7-3-4-11-9(5-7)6-12-8-1-2-8/h3-5,8,12H,1-2,6H2,(H,13,14). The molecule has 0 aliphatic heterocycles. The number of aromatic carboxylic acids is 1. The summed E-state index contributed by atoms with van der Waals surface area (Å²) in [7, 11) is 0. The number of pyridine rings is 1. The zero-order chi connectivity index (χ0) is 9.97. The van der Waals surface area contributed by atoms with Gasteiger partial charge in [-0.3, -0.25) is 4.98 Å². The van der Waals surface area contributed by atoms with Gasteiger partial charge < -0.3 is 10.4 Å². The van der Waals surface area contributed by atoms with Crippen molar-refractivity contribution in [3.05, 3.63) is 29.6 Å². The van der Waals surface area contributed by atoms with Gasteiger partial charge in [-0.1, -0.05) is 0 Å². The van der Waals surface area contributed by atoms with Crippen LogP contribution >= 0.6 is 0 Å². The highest BCUT2D eigenvalue weighted by molar-refractivity contribution is 5.87. The van der Waals surface area contributed by atoms with Crippen molar-refractivity contribution in [3.63, 3.8) is 0 Å². The number of rotatable bonds is 4. The van der Waals surface area contributed by atoms with Crippen LogP contribution in [-0.4, -0.2) is 22.1 Å². The summed E-state index contributed by atoms with van der Waals surface area (Å²) in [5.74, 6) is -0.903. The Labute approximate surface area is 82.0 Å². The van der Waals surface area contributed by atoms with Gasteiger partial charge in [-0.25, -0.2) is 4.79 Å². The summed E-state index contributed by atoms with van der Waals surface area (Å²) >= 11 is 0. The average Bonchev–Trinajstić information content (AvgIpc) is 2.99. The molecule has 0 aromatic carbocycles. The third-order valence-electron chi connectivity index (χ3n) is 2.21. The zero-order valence-corrected chi connectivity index (χ0v) is 7.73. The van der Waals surface area contributed by atoms with Crippen molar-refractivity contribution in [2.24, 2.45) is 0 Å². The Morgan fingerprint density at radius 2 is 2.43 bits per heavy atom. The van der Waals surface area contributed by atoms with Crippen molar-refractivity contribution in [2.45, 2.75) is 25.4 Å². The molecule has 1 aromatic heterocycles. The van der Waals surface area contributed by atoms with E-state index < -0.39 is 5.97 Å². The van der Waals surface area contributed by atoms with Gasteiger partial charge in [0.1, 0.15) is 0 Å². The number of nitrogens with zero attached hydrogens (tertiary/aromatic N) is 1. The summed E-state index contributed by atoms with van der Waals surface area (Å²) < 4.78 is 0. The van der Waals surface area contributed by atoms with Crippen LogP contribution in [0.4, 0.5) is 0 Å². The highest BCUT2D eigenvalue weighted by atomic mass is 16.4. The van der Waals surface area contributed by atoms with Crippen LogP contribution in [0.1, 0.15) is 28.9 Å². The van der Waals surface area contributed by atoms with Crippen molar-refractivity contribution >= 4 is 5.97 Å². The third kappa shape index (κ3) is 2.29. The molecule has 4 nitrogen and oxygen atoms in total. The second-order valence-corrected chi connectivity index (χ2v) is 3.50. The number of nitrogens with one attached hydrogen (secondary N) is 1. The normalized spacial score (nSPS) is 15.4. The van der Waals surface area contributed by atoms with Crippen LogP contribution in [0.3, 0.4) is 0 Å². The molecular weight excluding hydrogens is 180 g/mol. The van der Waals surface area contributed by atoms with Gasteiger partial charge in [-0.05, 0) is 25.0 Å². The largest absolute Gasteiger partial charge is 0.478 e. The van der Waals surface area contributed by atoms with Gasteiger partial charge in [0.05, 0.1) is 11.3 Å². The van der Waals surface area contributed by atoms with Gasteiger partial charge in [-0.2, -0.15) is 0 Å². The predicted octanol–water partition coefficient (Wildman–Crippen LogP) is 1.03. The number of carbonyl (C=O) groups is 1. The minimum absolute atomic E-state index is 0.299. The van der Waals surface area contributed by atoms with Gasteiger partial charge in [-0.15, -0.1) is 0 Å². The highest BCUT2D eigenvalue weighted by Crippen LogP contribution is 2.19. The fourth-order valence-electron chi connectivity index (χ4n) is 1.24. The monoisotopic (exact) mass is 192 g/mol. The SMILES string of the molecule is O=C(O)c1ccnc(CNC2CC2)c1. The maximum absolute atomic E-state index is 10.7. The van der Waals surface area contributed by atoms with Gasteiger partial charge in [0.2, 0.25) is 0 Å². The zero-order valence-electron chi connectivity index (χ0n) is 7.73. The first kappa shape index (κ1) is 9.15. The van der Waals surface area contributed by atoms with E-state index in [9.17, 15) is 4.79 Å². The molecule has 0 spiro atoms. The summed E-state index contributed by atoms with van der Waals surface area (Å²) in [6, 6.07) is 3.73. The summed E-state index contributed by atoms with van der Waals surface area (Å²) in [6.07, 6.45) is 3.98. The summed E-state index contributed by atoms with van der Waals surface area (Å²) in [6.45, 7) is 0.659. The Bertz CT molecular complexity index is 348. The first-order valence-electron chi connectivity index (χ1n) is 4.67. The second-order valence-electron chi connectivity index (χ2n) is 3.50. The van der Waals surface area contributed by atoms with Crippen LogP contribution in [0, 0.1) is 0 Å². The quantitative estimate of drug-likeness (QED) is 0.748. The van der Waals surface area contributed by atoms with Crippen LogP contribution in [0.25, 0.3) is 0 Å². The highest BCUT2D eigenvalue weighted by Gasteiger charge is 2.20. The molecule has 14 heavy (non-hydrogen) atoms. The summed E-state index contributed by atoms with van der Waals surface area (Å²) in [5.41, 5.74) is 1.09. The van der Waals surface area contributed by atoms with Crippen LogP contribution < -0.4 is 5.32 Å². The Morgan fingerprint density at radius 1 is 1.64 bits per heavy atom. The fraction of sp³-hybridized carbons (Fsp3) is 0.400. The Kier molecular flexibility index (Phi) is 2.45. The summed E-state index contributed by atoms with van der Waals surface area (Å²) in [5, 5.41) is 12.0. The van der Waals surface area contributed by atoms with Crippen molar-refractivity contribution in [2.75, 3.05) is 0 Å². The van der Waals surface area contributed by atoms with Crippen molar-refractivity contribution in [1.82, 2.24) is 10.3 Å². The van der Waals surface area contributed by atoms with E-state index in [-0.39, 0.29) is 0 Å². The molecule has 0 radical (unpaired) electrons. The topological polar surface area (TPSA) is 62.2 Å². The first-order valence-corrected chi connectivity index (χ1v) is 4.67. The molecule has 1 saturated carbocycles. The molecule has 1 aliphatic rings. The minimum Gasteiger partial charge on any atom is -0.478 e. The predicted molar refractivity (Wildman–Crippen MR) is 51.1 cm³/mol. The fourth-order valence-corrected chi connectivity index (χ4v) is 1.24. The molecule has 74 valence electrons. The minimum atomic E-state index is -0.903. The van der Waals surface area contributed by atoms with Crippen molar-refractivity contribution < 1.29 is 9.90 Å². The summed E-state index contributed by atoms with van der Waals surface area (Å²) in [4.78, 5) is 14.8. The smallest absolute Gasteiger partial charge is 0.335 e. The Balaban J connectivity index is 2.01. The van der Waals surface area contributed by atoms with E-state index in [1.165, 1.54) is 25.1 Å². The van der Waals surface area contributed by atoms with Crippen LogP contribution in [0.5, 0.6) is 0 Å². The van der Waals surface area contributed by atoms with Crippen molar-refractivity contribution in [3.8, 4) is 0 Å². The lowest BCUT2D eigenvalue weighted by atomic mass is 10.2. The molecule has 0 atom stereocenters. The third-order valence-corrected chi connectivity index (χ3v) is 2.21. The molecule has 0 saturated heterocycles. The van der Waals surface area contributed by atoms with E-state index in [1.54, 1.807) is 6.07 Å². The Morgan fingerprint density at radius 3 is 3.07 bits per heavy atom. The van der Waals surface area contributed by atoms with Gasteiger partial charge in [0.25, 0.3) is 0 Å². The molecule has 0 amide bonds. The lowest BCUT2D eigenvalue weighted by molar-refractivity contribution is 0.0696. The molecule has 1 aromatic rings. The van der Waals surface area contributed by atoms with E-state index in [2.05, 4.69) is 10.3 Å².